The predicted octanol–water partition coefficient (Wildman–Crippen LogP) is 5.81. The van der Waals surface area contributed by atoms with E-state index >= 15 is 0 Å². The van der Waals surface area contributed by atoms with E-state index in [1.807, 2.05) is 45.0 Å². The number of benzene rings is 2. The highest BCUT2D eigenvalue weighted by atomic mass is 16.5. The van der Waals surface area contributed by atoms with Crippen LogP contribution in [0.3, 0.4) is 0 Å². The first-order chi connectivity index (χ1) is 16.0. The normalized spacial score (nSPS) is 20.4. The first kappa shape index (κ1) is 24.1. The van der Waals surface area contributed by atoms with Crippen molar-refractivity contribution in [2.75, 3.05) is 6.54 Å². The van der Waals surface area contributed by atoms with Crippen LogP contribution in [0.4, 0.5) is 0 Å². The van der Waals surface area contributed by atoms with Crippen LogP contribution in [0.1, 0.15) is 86.8 Å². The Morgan fingerprint density at radius 3 is 2.56 bits per heavy atom. The van der Waals surface area contributed by atoms with E-state index in [1.165, 1.54) is 4.90 Å². The fourth-order valence-electron chi connectivity index (χ4n) is 5.40. The summed E-state index contributed by atoms with van der Waals surface area (Å²) in [5.74, 6) is -0.996. The number of nitrogens with zero attached hydrogens (tertiary/aromatic N) is 1. The lowest BCUT2D eigenvalue weighted by atomic mass is 9.82. The summed E-state index contributed by atoms with van der Waals surface area (Å²) < 4.78 is 6.37. The fraction of sp³-hybridized carbons (Fsp3) is 0.500. The zero-order valence-electron chi connectivity index (χ0n) is 20.8. The molecule has 0 saturated carbocycles. The first-order valence-electron chi connectivity index (χ1n) is 12.3. The number of carbonyl (C=O) groups excluding carboxylic acids is 1. The van der Waals surface area contributed by atoms with Crippen LogP contribution < -0.4 is 4.74 Å². The molecular formula is C28H35NO5. The van der Waals surface area contributed by atoms with Crippen molar-refractivity contribution in [1.82, 2.24) is 4.90 Å². The number of carbonyl (C=O) groups is 2. The number of rotatable bonds is 6. The molecule has 1 fully saturated rings. The average molecular weight is 466 g/mol. The standard InChI is InChI=1S/C28H35NO5/c1-6-7-8-10-18-16-21-23(19-15-17(2)11-12-20(19)27(3,4)34-21)24(30)22(18)25(31)29-14-9-13-28(29,5)26(32)33/h11-12,15-16,30H,6-10,13-14H2,1-5H3,(H,32,33)/t28-/m1/s1. The van der Waals surface area contributed by atoms with Crippen molar-refractivity contribution in [3.8, 4) is 22.6 Å². The Morgan fingerprint density at radius 2 is 1.88 bits per heavy atom. The first-order valence-corrected chi connectivity index (χ1v) is 12.3. The SMILES string of the molecule is CCCCCc1cc2c(c(O)c1C(=O)N1CCC[C@]1(C)C(=O)O)-c1cc(C)ccc1C(C)(C)O2. The van der Waals surface area contributed by atoms with Crippen molar-refractivity contribution in [2.24, 2.45) is 0 Å². The molecule has 6 heteroatoms. The molecule has 0 aromatic heterocycles. The van der Waals surface area contributed by atoms with E-state index in [1.54, 1.807) is 6.92 Å². The van der Waals surface area contributed by atoms with Crippen molar-refractivity contribution in [2.45, 2.75) is 84.3 Å². The summed E-state index contributed by atoms with van der Waals surface area (Å²) in [6.45, 7) is 10.1. The number of amides is 1. The predicted molar refractivity (Wildman–Crippen MR) is 131 cm³/mol. The third-order valence-electron chi connectivity index (χ3n) is 7.42. The van der Waals surface area contributed by atoms with Gasteiger partial charge < -0.3 is 19.8 Å². The molecule has 0 bridgehead atoms. The number of aryl methyl sites for hydroxylation is 2. The van der Waals surface area contributed by atoms with Gasteiger partial charge in [-0.1, -0.05) is 43.5 Å². The van der Waals surface area contributed by atoms with Gasteiger partial charge >= 0.3 is 5.97 Å². The lowest BCUT2D eigenvalue weighted by molar-refractivity contribution is -0.147. The zero-order chi connectivity index (χ0) is 24.8. The number of aliphatic carboxylic acids is 1. The summed E-state index contributed by atoms with van der Waals surface area (Å²) in [7, 11) is 0. The lowest BCUT2D eigenvalue weighted by Crippen LogP contribution is -2.51. The maximum absolute atomic E-state index is 13.9. The number of aromatic hydroxyl groups is 1. The van der Waals surface area contributed by atoms with E-state index in [4.69, 9.17) is 4.74 Å². The number of hydrogen-bond donors (Lipinski definition) is 2. The van der Waals surface area contributed by atoms with Gasteiger partial charge in [-0.25, -0.2) is 4.79 Å². The highest BCUT2D eigenvalue weighted by Crippen LogP contribution is 2.52. The van der Waals surface area contributed by atoms with Crippen LogP contribution in [0.2, 0.25) is 0 Å². The minimum Gasteiger partial charge on any atom is -0.506 e. The van der Waals surface area contributed by atoms with Gasteiger partial charge in [0.15, 0.2) is 0 Å². The van der Waals surface area contributed by atoms with Crippen molar-refractivity contribution >= 4 is 11.9 Å². The molecule has 34 heavy (non-hydrogen) atoms. The Morgan fingerprint density at radius 1 is 1.15 bits per heavy atom. The molecule has 2 N–H and O–H groups in total. The van der Waals surface area contributed by atoms with Crippen molar-refractivity contribution in [1.29, 1.82) is 0 Å². The van der Waals surface area contributed by atoms with Gasteiger partial charge in [0, 0.05) is 12.1 Å². The van der Waals surface area contributed by atoms with E-state index in [0.29, 0.717) is 42.7 Å². The number of ether oxygens (including phenoxy) is 1. The van der Waals surface area contributed by atoms with Crippen LogP contribution >= 0.6 is 0 Å². The minimum absolute atomic E-state index is 0.115. The zero-order valence-corrected chi connectivity index (χ0v) is 20.8. The molecule has 1 amide bonds. The molecule has 2 aromatic rings. The monoisotopic (exact) mass is 465 g/mol. The Hall–Kier alpha value is -3.02. The van der Waals surface area contributed by atoms with Crippen LogP contribution in [0.25, 0.3) is 11.1 Å². The van der Waals surface area contributed by atoms with E-state index in [0.717, 1.165) is 36.0 Å². The van der Waals surface area contributed by atoms with E-state index < -0.39 is 23.0 Å². The summed E-state index contributed by atoms with van der Waals surface area (Å²) >= 11 is 0. The van der Waals surface area contributed by atoms with Crippen molar-refractivity contribution in [3.63, 3.8) is 0 Å². The number of likely N-dealkylation sites (tertiary alicyclic amines) is 1. The van der Waals surface area contributed by atoms with Crippen LogP contribution in [0.15, 0.2) is 24.3 Å². The number of carboxylic acid groups (broad SMARTS) is 1. The Labute approximate surface area is 201 Å². The summed E-state index contributed by atoms with van der Waals surface area (Å²) in [5, 5.41) is 21.5. The molecule has 2 aliphatic rings. The van der Waals surface area contributed by atoms with E-state index in [-0.39, 0.29) is 11.3 Å². The molecule has 0 aliphatic carbocycles. The molecule has 0 unspecified atom stereocenters. The van der Waals surface area contributed by atoms with Gasteiger partial charge in [-0.15, -0.1) is 0 Å². The van der Waals surface area contributed by atoms with E-state index in [9.17, 15) is 19.8 Å². The van der Waals surface area contributed by atoms with Crippen LogP contribution in [0, 0.1) is 6.92 Å². The highest BCUT2D eigenvalue weighted by Gasteiger charge is 2.47. The highest BCUT2D eigenvalue weighted by molar-refractivity contribution is 6.04. The molecule has 182 valence electrons. The number of carboxylic acids is 1. The molecule has 0 spiro atoms. The fourth-order valence-corrected chi connectivity index (χ4v) is 5.40. The van der Waals surface area contributed by atoms with Gasteiger partial charge in [0.2, 0.25) is 0 Å². The second-order valence-electron chi connectivity index (χ2n) is 10.4. The number of hydrogen-bond acceptors (Lipinski definition) is 4. The molecule has 6 nitrogen and oxygen atoms in total. The summed E-state index contributed by atoms with van der Waals surface area (Å²) in [6, 6.07) is 7.92. The lowest BCUT2D eigenvalue weighted by Gasteiger charge is -2.37. The average Bonchev–Trinajstić information content (AvgIpc) is 3.16. The summed E-state index contributed by atoms with van der Waals surface area (Å²) in [5.41, 5.74) is 2.38. The topological polar surface area (TPSA) is 87.1 Å². The Kier molecular flexibility index (Phi) is 6.13. The summed E-state index contributed by atoms with van der Waals surface area (Å²) in [4.78, 5) is 27.4. The number of phenolic OH excluding ortho intramolecular Hbond substituents is 1. The molecule has 4 rings (SSSR count). The number of fused-ring (bicyclic) bond motifs is 3. The maximum atomic E-state index is 13.9. The molecule has 2 heterocycles. The van der Waals surface area contributed by atoms with E-state index in [2.05, 4.69) is 6.92 Å². The van der Waals surface area contributed by atoms with Crippen LogP contribution in [-0.4, -0.2) is 39.1 Å². The molecular weight excluding hydrogens is 430 g/mol. The molecule has 1 atom stereocenters. The molecule has 2 aliphatic heterocycles. The van der Waals surface area contributed by atoms with Gasteiger partial charge in [-0.05, 0) is 70.6 Å². The molecule has 2 aromatic carbocycles. The second-order valence-corrected chi connectivity index (χ2v) is 10.4. The van der Waals surface area contributed by atoms with Gasteiger partial charge in [-0.3, -0.25) is 4.79 Å². The van der Waals surface area contributed by atoms with Gasteiger partial charge in [0.05, 0.1) is 11.1 Å². The number of phenols is 1. The third-order valence-corrected chi connectivity index (χ3v) is 7.42. The quantitative estimate of drug-likeness (QED) is 0.526. The molecule has 0 radical (unpaired) electrons. The Bertz CT molecular complexity index is 1150. The maximum Gasteiger partial charge on any atom is 0.329 e. The minimum atomic E-state index is -1.28. The van der Waals surface area contributed by atoms with Gasteiger partial charge in [0.25, 0.3) is 5.91 Å². The number of unbranched alkanes of at least 4 members (excludes halogenated alkanes) is 2. The molecule has 1 saturated heterocycles. The second kappa shape index (κ2) is 8.64. The largest absolute Gasteiger partial charge is 0.506 e. The van der Waals surface area contributed by atoms with Gasteiger partial charge in [0.1, 0.15) is 22.6 Å². The van der Waals surface area contributed by atoms with Crippen molar-refractivity contribution < 1.29 is 24.5 Å². The van der Waals surface area contributed by atoms with Crippen LogP contribution in [0.5, 0.6) is 11.5 Å². The third kappa shape index (κ3) is 3.83. The van der Waals surface area contributed by atoms with Gasteiger partial charge in [-0.2, -0.15) is 0 Å². The summed E-state index contributed by atoms with van der Waals surface area (Å²) in [6.07, 6.45) is 4.51. The smallest absolute Gasteiger partial charge is 0.329 e. The van der Waals surface area contributed by atoms with Crippen molar-refractivity contribution in [3.05, 3.63) is 46.5 Å². The van der Waals surface area contributed by atoms with Crippen LogP contribution in [-0.2, 0) is 16.8 Å². The Balaban J connectivity index is 1.93.